The van der Waals surface area contributed by atoms with Crippen LogP contribution < -0.4 is 5.73 Å². The van der Waals surface area contributed by atoms with Gasteiger partial charge in [-0.1, -0.05) is 5.11 Å². The van der Waals surface area contributed by atoms with E-state index in [-0.39, 0.29) is 5.60 Å². The SMILES string of the molecule is CC(C)(COCCN)OCCN=[N+]=[N-]. The molecule has 0 aliphatic rings. The largest absolute Gasteiger partial charge is 0.377 e. The highest BCUT2D eigenvalue weighted by molar-refractivity contribution is 4.67. The first-order valence-corrected chi connectivity index (χ1v) is 4.55. The van der Waals surface area contributed by atoms with Crippen molar-refractivity contribution in [1.82, 2.24) is 0 Å². The standard InChI is InChI=1S/C8H18N4O2/c1-8(2,7-13-5-3-9)14-6-4-11-12-10/h3-7,9H2,1-2H3. The Balaban J connectivity index is 3.54. The van der Waals surface area contributed by atoms with Crippen molar-refractivity contribution < 1.29 is 9.47 Å². The van der Waals surface area contributed by atoms with Gasteiger partial charge in [-0.25, -0.2) is 0 Å². The van der Waals surface area contributed by atoms with Crippen molar-refractivity contribution in [2.75, 3.05) is 32.9 Å². The van der Waals surface area contributed by atoms with E-state index in [1.165, 1.54) is 0 Å². The van der Waals surface area contributed by atoms with Crippen LogP contribution in [0.1, 0.15) is 13.8 Å². The zero-order valence-corrected chi connectivity index (χ0v) is 8.77. The van der Waals surface area contributed by atoms with Crippen LogP contribution >= 0.6 is 0 Å². The van der Waals surface area contributed by atoms with Crippen LogP contribution in [-0.2, 0) is 9.47 Å². The molecule has 0 rings (SSSR count). The molecule has 0 aliphatic carbocycles. The molecule has 0 aromatic carbocycles. The van der Waals surface area contributed by atoms with E-state index in [0.717, 1.165) is 0 Å². The number of nitrogens with zero attached hydrogens (tertiary/aromatic N) is 3. The second-order valence-corrected chi connectivity index (χ2v) is 3.40. The summed E-state index contributed by atoms with van der Waals surface area (Å²) in [5.41, 5.74) is 12.9. The molecule has 0 heterocycles. The van der Waals surface area contributed by atoms with Gasteiger partial charge in [0.05, 0.1) is 25.4 Å². The normalized spacial score (nSPS) is 11.1. The number of rotatable bonds is 8. The van der Waals surface area contributed by atoms with Crippen LogP contribution in [0.2, 0.25) is 0 Å². The summed E-state index contributed by atoms with van der Waals surface area (Å²) in [7, 11) is 0. The van der Waals surface area contributed by atoms with Crippen LogP contribution in [0.5, 0.6) is 0 Å². The van der Waals surface area contributed by atoms with Gasteiger partial charge in [0.25, 0.3) is 0 Å². The fourth-order valence-electron chi connectivity index (χ4n) is 0.850. The molecule has 6 nitrogen and oxygen atoms in total. The Hall–Kier alpha value is -0.810. The molecule has 0 aromatic heterocycles. The molecule has 0 fully saturated rings. The van der Waals surface area contributed by atoms with Crippen molar-refractivity contribution in [3.8, 4) is 0 Å². The maximum absolute atomic E-state index is 8.03. The second kappa shape index (κ2) is 7.58. The van der Waals surface area contributed by atoms with Crippen molar-refractivity contribution in [3.63, 3.8) is 0 Å². The van der Waals surface area contributed by atoms with Gasteiger partial charge in [-0.3, -0.25) is 0 Å². The van der Waals surface area contributed by atoms with Gasteiger partial charge in [0.15, 0.2) is 0 Å². The van der Waals surface area contributed by atoms with Gasteiger partial charge in [0, 0.05) is 18.0 Å². The van der Waals surface area contributed by atoms with E-state index in [4.69, 9.17) is 20.7 Å². The van der Waals surface area contributed by atoms with Crippen molar-refractivity contribution >= 4 is 0 Å². The molecule has 0 saturated carbocycles. The summed E-state index contributed by atoms with van der Waals surface area (Å²) in [6, 6.07) is 0. The van der Waals surface area contributed by atoms with Crippen molar-refractivity contribution in [3.05, 3.63) is 10.4 Å². The first kappa shape index (κ1) is 13.2. The van der Waals surface area contributed by atoms with Gasteiger partial charge in [0.2, 0.25) is 0 Å². The average molecular weight is 202 g/mol. The smallest absolute Gasteiger partial charge is 0.0858 e. The lowest BCUT2D eigenvalue weighted by Gasteiger charge is -2.24. The Bertz CT molecular complexity index is 190. The number of nitrogens with two attached hydrogens (primary N) is 1. The second-order valence-electron chi connectivity index (χ2n) is 3.40. The fraction of sp³-hybridized carbons (Fsp3) is 1.00. The molecule has 0 saturated heterocycles. The van der Waals surface area contributed by atoms with Crippen LogP contribution in [0.15, 0.2) is 5.11 Å². The minimum atomic E-state index is -0.361. The lowest BCUT2D eigenvalue weighted by molar-refractivity contribution is -0.0708. The van der Waals surface area contributed by atoms with E-state index in [9.17, 15) is 0 Å². The predicted molar refractivity (Wildman–Crippen MR) is 53.9 cm³/mol. The zero-order chi connectivity index (χ0) is 10.9. The quantitative estimate of drug-likeness (QED) is 0.276. The minimum absolute atomic E-state index is 0.344. The summed E-state index contributed by atoms with van der Waals surface area (Å²) < 4.78 is 10.7. The summed E-state index contributed by atoms with van der Waals surface area (Å²) in [5, 5.41) is 3.37. The van der Waals surface area contributed by atoms with Crippen molar-refractivity contribution in [2.24, 2.45) is 10.8 Å². The van der Waals surface area contributed by atoms with E-state index in [1.54, 1.807) is 0 Å². The summed E-state index contributed by atoms with van der Waals surface area (Å²) in [5.74, 6) is 0. The summed E-state index contributed by atoms with van der Waals surface area (Å²) in [6.45, 7) is 6.11. The van der Waals surface area contributed by atoms with Gasteiger partial charge < -0.3 is 15.2 Å². The lowest BCUT2D eigenvalue weighted by atomic mass is 10.1. The molecule has 0 unspecified atom stereocenters. The van der Waals surface area contributed by atoms with E-state index in [2.05, 4.69) is 10.0 Å². The molecule has 0 aromatic rings. The van der Waals surface area contributed by atoms with Crippen LogP contribution in [0.3, 0.4) is 0 Å². The summed E-state index contributed by atoms with van der Waals surface area (Å²) >= 11 is 0. The Labute approximate surface area is 84.0 Å². The Morgan fingerprint density at radius 1 is 1.43 bits per heavy atom. The van der Waals surface area contributed by atoms with Gasteiger partial charge >= 0.3 is 0 Å². The minimum Gasteiger partial charge on any atom is -0.377 e. The third-order valence-corrected chi connectivity index (χ3v) is 1.46. The molecule has 6 heteroatoms. The molecular formula is C8H18N4O2. The maximum Gasteiger partial charge on any atom is 0.0858 e. The van der Waals surface area contributed by atoms with Gasteiger partial charge in [-0.15, -0.1) is 0 Å². The van der Waals surface area contributed by atoms with Crippen LogP contribution in [0.4, 0.5) is 0 Å². The number of ether oxygens (including phenoxy) is 2. The van der Waals surface area contributed by atoms with Gasteiger partial charge in [-0.05, 0) is 19.4 Å². The first-order chi connectivity index (χ1) is 6.62. The molecule has 0 spiro atoms. The molecule has 0 aliphatic heterocycles. The van der Waals surface area contributed by atoms with Crippen LogP contribution in [-0.4, -0.2) is 38.5 Å². The third kappa shape index (κ3) is 7.82. The molecule has 0 bridgehead atoms. The van der Waals surface area contributed by atoms with E-state index in [1.807, 2.05) is 13.8 Å². The molecule has 0 amide bonds. The predicted octanol–water partition coefficient (Wildman–Crippen LogP) is 1.07. The topological polar surface area (TPSA) is 93.2 Å². The van der Waals surface area contributed by atoms with Crippen LogP contribution in [0.25, 0.3) is 10.4 Å². The molecule has 82 valence electrons. The number of hydrogen-bond acceptors (Lipinski definition) is 4. The van der Waals surface area contributed by atoms with E-state index >= 15 is 0 Å². The summed E-state index contributed by atoms with van der Waals surface area (Å²) in [6.07, 6.45) is 0. The zero-order valence-electron chi connectivity index (χ0n) is 8.77. The number of azide groups is 1. The molecule has 0 atom stereocenters. The third-order valence-electron chi connectivity index (χ3n) is 1.46. The number of hydrogen-bond donors (Lipinski definition) is 1. The van der Waals surface area contributed by atoms with Crippen molar-refractivity contribution in [2.45, 2.75) is 19.4 Å². The van der Waals surface area contributed by atoms with E-state index in [0.29, 0.717) is 32.9 Å². The summed E-state index contributed by atoms with van der Waals surface area (Å²) in [4.78, 5) is 2.63. The van der Waals surface area contributed by atoms with Gasteiger partial charge in [-0.2, -0.15) is 0 Å². The Kier molecular flexibility index (Phi) is 7.14. The Morgan fingerprint density at radius 2 is 2.14 bits per heavy atom. The lowest BCUT2D eigenvalue weighted by Crippen LogP contribution is -2.32. The monoisotopic (exact) mass is 202 g/mol. The highest BCUT2D eigenvalue weighted by Crippen LogP contribution is 2.08. The van der Waals surface area contributed by atoms with Gasteiger partial charge in [0.1, 0.15) is 0 Å². The van der Waals surface area contributed by atoms with Crippen LogP contribution in [0, 0.1) is 0 Å². The van der Waals surface area contributed by atoms with Crippen molar-refractivity contribution in [1.29, 1.82) is 0 Å². The van der Waals surface area contributed by atoms with E-state index < -0.39 is 0 Å². The average Bonchev–Trinajstić information content (AvgIpc) is 2.13. The Morgan fingerprint density at radius 3 is 2.71 bits per heavy atom. The molecule has 0 radical (unpaired) electrons. The fourth-order valence-corrected chi connectivity index (χ4v) is 0.850. The molecule has 14 heavy (non-hydrogen) atoms. The first-order valence-electron chi connectivity index (χ1n) is 4.55. The highest BCUT2D eigenvalue weighted by atomic mass is 16.5. The molecule has 2 N–H and O–H groups in total. The molecular weight excluding hydrogens is 184 g/mol. The highest BCUT2D eigenvalue weighted by Gasteiger charge is 2.17. The maximum atomic E-state index is 8.03.